The van der Waals surface area contributed by atoms with Crippen molar-refractivity contribution < 1.29 is 4.79 Å². The van der Waals surface area contributed by atoms with E-state index in [1.165, 1.54) is 12.8 Å². The Hall–Kier alpha value is -0.570. The van der Waals surface area contributed by atoms with Gasteiger partial charge in [0.15, 0.2) is 0 Å². The summed E-state index contributed by atoms with van der Waals surface area (Å²) in [6.07, 6.45) is 6.84. The van der Waals surface area contributed by atoms with Gasteiger partial charge in [0.25, 0.3) is 0 Å². The highest BCUT2D eigenvalue weighted by Gasteiger charge is 2.29. The highest BCUT2D eigenvalue weighted by molar-refractivity contribution is 5.79. The van der Waals surface area contributed by atoms with Crippen LogP contribution >= 0.6 is 0 Å². The molecule has 3 heteroatoms. The van der Waals surface area contributed by atoms with Crippen molar-refractivity contribution in [2.24, 2.45) is 23.5 Å². The number of amides is 1. The van der Waals surface area contributed by atoms with E-state index in [9.17, 15) is 4.79 Å². The summed E-state index contributed by atoms with van der Waals surface area (Å²) in [5.74, 6) is 1.44. The maximum atomic E-state index is 12.1. The minimum Gasteiger partial charge on any atom is -0.356 e. The molecule has 0 saturated heterocycles. The Morgan fingerprint density at radius 1 is 1.29 bits per heavy atom. The zero-order chi connectivity index (χ0) is 12.7. The molecule has 0 aromatic rings. The first kappa shape index (κ1) is 14.5. The average molecular weight is 240 g/mol. The van der Waals surface area contributed by atoms with Gasteiger partial charge in [-0.15, -0.1) is 0 Å². The molecule has 0 aromatic heterocycles. The van der Waals surface area contributed by atoms with Crippen LogP contribution in [0.15, 0.2) is 0 Å². The Kier molecular flexibility index (Phi) is 6.56. The molecule has 1 aliphatic carbocycles. The number of carbonyl (C=O) groups excluding carboxylic acids is 1. The van der Waals surface area contributed by atoms with Crippen molar-refractivity contribution >= 4 is 5.91 Å². The van der Waals surface area contributed by atoms with Crippen LogP contribution in [0.25, 0.3) is 0 Å². The number of nitrogens with one attached hydrogen (secondary N) is 1. The molecule has 2 unspecified atom stereocenters. The summed E-state index contributed by atoms with van der Waals surface area (Å²) in [6.45, 7) is 5.86. The number of carbonyl (C=O) groups is 1. The van der Waals surface area contributed by atoms with Crippen molar-refractivity contribution in [3.8, 4) is 0 Å². The molecule has 1 fully saturated rings. The van der Waals surface area contributed by atoms with Crippen LogP contribution in [0.1, 0.15) is 52.4 Å². The number of nitrogens with two attached hydrogens (primary N) is 1. The van der Waals surface area contributed by atoms with Crippen molar-refractivity contribution in [2.75, 3.05) is 13.1 Å². The zero-order valence-electron chi connectivity index (χ0n) is 11.4. The molecule has 1 rings (SSSR count). The van der Waals surface area contributed by atoms with Gasteiger partial charge in [0.1, 0.15) is 0 Å². The van der Waals surface area contributed by atoms with E-state index in [4.69, 9.17) is 5.73 Å². The first-order valence-electron chi connectivity index (χ1n) is 7.20. The van der Waals surface area contributed by atoms with E-state index in [-0.39, 0.29) is 11.8 Å². The molecule has 2 atom stereocenters. The van der Waals surface area contributed by atoms with Crippen LogP contribution in [0.5, 0.6) is 0 Å². The molecule has 0 radical (unpaired) electrons. The zero-order valence-corrected chi connectivity index (χ0v) is 11.4. The molecule has 1 amide bonds. The fourth-order valence-corrected chi connectivity index (χ4v) is 2.79. The molecule has 0 heterocycles. The third-order valence-electron chi connectivity index (χ3n) is 4.27. The molecular weight excluding hydrogens is 212 g/mol. The minimum atomic E-state index is 0.170. The Bertz CT molecular complexity index is 226. The minimum absolute atomic E-state index is 0.170. The van der Waals surface area contributed by atoms with Gasteiger partial charge in [0.2, 0.25) is 5.91 Å². The molecule has 0 aromatic carbocycles. The molecule has 17 heavy (non-hydrogen) atoms. The van der Waals surface area contributed by atoms with Gasteiger partial charge in [-0.25, -0.2) is 0 Å². The second kappa shape index (κ2) is 7.70. The molecule has 0 aliphatic heterocycles. The summed E-state index contributed by atoms with van der Waals surface area (Å²) in [5.41, 5.74) is 5.76. The first-order valence-corrected chi connectivity index (χ1v) is 7.20. The van der Waals surface area contributed by atoms with E-state index in [0.717, 1.165) is 32.2 Å². The molecule has 1 aliphatic rings. The van der Waals surface area contributed by atoms with E-state index in [1.54, 1.807) is 0 Å². The SMILES string of the molecule is CCC(CC)CNC(=O)C1CCCCC1CN. The van der Waals surface area contributed by atoms with Gasteiger partial charge >= 0.3 is 0 Å². The molecule has 0 spiro atoms. The summed E-state index contributed by atoms with van der Waals surface area (Å²) in [5, 5.41) is 3.12. The van der Waals surface area contributed by atoms with Crippen molar-refractivity contribution in [3.05, 3.63) is 0 Å². The number of rotatable bonds is 6. The monoisotopic (exact) mass is 240 g/mol. The van der Waals surface area contributed by atoms with Crippen LogP contribution < -0.4 is 11.1 Å². The van der Waals surface area contributed by atoms with Gasteiger partial charge in [-0.3, -0.25) is 4.79 Å². The maximum Gasteiger partial charge on any atom is 0.223 e. The van der Waals surface area contributed by atoms with Crippen LogP contribution in [0.2, 0.25) is 0 Å². The fourth-order valence-electron chi connectivity index (χ4n) is 2.79. The molecular formula is C14H28N2O. The Balaban J connectivity index is 2.39. The highest BCUT2D eigenvalue weighted by atomic mass is 16.1. The smallest absolute Gasteiger partial charge is 0.223 e. The Labute approximate surface area is 106 Å². The highest BCUT2D eigenvalue weighted by Crippen LogP contribution is 2.29. The van der Waals surface area contributed by atoms with E-state index in [1.807, 2.05) is 0 Å². The van der Waals surface area contributed by atoms with Gasteiger partial charge in [0, 0.05) is 12.5 Å². The first-order chi connectivity index (χ1) is 8.22. The van der Waals surface area contributed by atoms with E-state index in [0.29, 0.717) is 18.4 Å². The maximum absolute atomic E-state index is 12.1. The van der Waals surface area contributed by atoms with E-state index < -0.39 is 0 Å². The summed E-state index contributed by atoms with van der Waals surface area (Å²) in [4.78, 5) is 12.1. The van der Waals surface area contributed by atoms with Crippen molar-refractivity contribution in [1.82, 2.24) is 5.32 Å². The number of hydrogen-bond donors (Lipinski definition) is 2. The Morgan fingerprint density at radius 2 is 1.94 bits per heavy atom. The van der Waals surface area contributed by atoms with Crippen molar-refractivity contribution in [1.29, 1.82) is 0 Å². The largest absolute Gasteiger partial charge is 0.356 e. The second-order valence-corrected chi connectivity index (χ2v) is 5.31. The van der Waals surface area contributed by atoms with E-state index in [2.05, 4.69) is 19.2 Å². The van der Waals surface area contributed by atoms with Gasteiger partial charge in [-0.1, -0.05) is 39.5 Å². The average Bonchev–Trinajstić information content (AvgIpc) is 2.39. The Morgan fingerprint density at radius 3 is 2.53 bits per heavy atom. The van der Waals surface area contributed by atoms with Gasteiger partial charge < -0.3 is 11.1 Å². The standard InChI is InChI=1S/C14H28N2O/c1-3-11(4-2)10-16-14(17)13-8-6-5-7-12(13)9-15/h11-13H,3-10,15H2,1-2H3,(H,16,17). The fraction of sp³-hybridized carbons (Fsp3) is 0.929. The van der Waals surface area contributed by atoms with Gasteiger partial charge in [-0.05, 0) is 31.2 Å². The molecule has 3 nitrogen and oxygen atoms in total. The lowest BCUT2D eigenvalue weighted by atomic mass is 9.78. The summed E-state index contributed by atoms with van der Waals surface area (Å²) in [7, 11) is 0. The summed E-state index contributed by atoms with van der Waals surface area (Å²) in [6, 6.07) is 0. The van der Waals surface area contributed by atoms with Crippen LogP contribution in [-0.2, 0) is 4.79 Å². The van der Waals surface area contributed by atoms with E-state index >= 15 is 0 Å². The lowest BCUT2D eigenvalue weighted by Crippen LogP contribution is -2.41. The normalized spacial score (nSPS) is 24.9. The number of hydrogen-bond acceptors (Lipinski definition) is 2. The second-order valence-electron chi connectivity index (χ2n) is 5.31. The predicted molar refractivity (Wildman–Crippen MR) is 71.6 cm³/mol. The molecule has 100 valence electrons. The summed E-state index contributed by atoms with van der Waals surface area (Å²) >= 11 is 0. The summed E-state index contributed by atoms with van der Waals surface area (Å²) < 4.78 is 0. The van der Waals surface area contributed by atoms with Crippen LogP contribution in [0, 0.1) is 17.8 Å². The third-order valence-corrected chi connectivity index (χ3v) is 4.27. The predicted octanol–water partition coefficient (Wildman–Crippen LogP) is 2.30. The van der Waals surface area contributed by atoms with Crippen molar-refractivity contribution in [3.63, 3.8) is 0 Å². The topological polar surface area (TPSA) is 55.1 Å². The van der Waals surface area contributed by atoms with Crippen LogP contribution in [0.3, 0.4) is 0 Å². The third kappa shape index (κ3) is 4.30. The van der Waals surface area contributed by atoms with Crippen LogP contribution in [-0.4, -0.2) is 19.0 Å². The van der Waals surface area contributed by atoms with Gasteiger partial charge in [0.05, 0.1) is 0 Å². The lowest BCUT2D eigenvalue weighted by molar-refractivity contribution is -0.127. The van der Waals surface area contributed by atoms with Crippen LogP contribution in [0.4, 0.5) is 0 Å². The molecule has 1 saturated carbocycles. The van der Waals surface area contributed by atoms with Gasteiger partial charge in [-0.2, -0.15) is 0 Å². The molecule has 0 bridgehead atoms. The quantitative estimate of drug-likeness (QED) is 0.748. The molecule has 3 N–H and O–H groups in total. The van der Waals surface area contributed by atoms with Crippen molar-refractivity contribution in [2.45, 2.75) is 52.4 Å². The lowest BCUT2D eigenvalue weighted by Gasteiger charge is -2.30.